The number of ether oxygens (including phenoxy) is 1. The zero-order valence-corrected chi connectivity index (χ0v) is 7.50. The lowest BCUT2D eigenvalue weighted by Gasteiger charge is -2.38. The number of rotatable bonds is 4. The minimum absolute atomic E-state index is 0.0883. The monoisotopic (exact) mass is 187 g/mol. The van der Waals surface area contributed by atoms with E-state index in [2.05, 4.69) is 10.1 Å². The van der Waals surface area contributed by atoms with E-state index in [1.807, 2.05) is 0 Å². The lowest BCUT2D eigenvalue weighted by Crippen LogP contribution is -2.59. The molecule has 0 atom stereocenters. The molecule has 1 aliphatic carbocycles. The molecule has 13 heavy (non-hydrogen) atoms. The number of hydrogen-bond donors (Lipinski definition) is 2. The molecule has 0 heterocycles. The number of amides is 1. The van der Waals surface area contributed by atoms with E-state index < -0.39 is 11.5 Å². The summed E-state index contributed by atoms with van der Waals surface area (Å²) in [5, 5.41) is 11.3. The molecule has 0 aliphatic heterocycles. The Kier molecular flexibility index (Phi) is 2.87. The van der Waals surface area contributed by atoms with Crippen molar-refractivity contribution < 1.29 is 19.4 Å². The first-order valence-corrected chi connectivity index (χ1v) is 4.14. The van der Waals surface area contributed by atoms with E-state index in [-0.39, 0.29) is 12.5 Å². The van der Waals surface area contributed by atoms with E-state index in [4.69, 9.17) is 5.11 Å². The van der Waals surface area contributed by atoms with Gasteiger partial charge in [0.25, 0.3) is 0 Å². The topological polar surface area (TPSA) is 75.6 Å². The number of methoxy groups -OCH3 is 1. The number of carbonyl (C=O) groups is 2. The van der Waals surface area contributed by atoms with Gasteiger partial charge in [-0.05, 0) is 19.3 Å². The maximum atomic E-state index is 11.1. The first-order chi connectivity index (χ1) is 6.10. The molecule has 0 unspecified atom stereocenters. The Morgan fingerprint density at radius 1 is 1.54 bits per heavy atom. The molecule has 1 aliphatic rings. The molecule has 1 amide bonds. The number of carbonyl (C=O) groups excluding carboxylic acids is 1. The maximum Gasteiger partial charge on any atom is 0.329 e. The fraction of sp³-hybridized carbons (Fsp3) is 0.750. The number of hydrogen-bond acceptors (Lipinski definition) is 3. The minimum atomic E-state index is -1.02. The molecule has 0 aromatic carbocycles. The highest BCUT2D eigenvalue weighted by Gasteiger charge is 2.45. The molecule has 0 radical (unpaired) electrons. The van der Waals surface area contributed by atoms with Crippen LogP contribution in [-0.4, -0.2) is 36.2 Å². The third-order valence-electron chi connectivity index (χ3n) is 2.27. The maximum absolute atomic E-state index is 11.1. The Hall–Kier alpha value is -1.10. The molecule has 5 nitrogen and oxygen atoms in total. The summed E-state index contributed by atoms with van der Waals surface area (Å²) in [5.74, 6) is -1.33. The second-order valence-corrected chi connectivity index (χ2v) is 3.22. The Morgan fingerprint density at radius 3 is 2.46 bits per heavy atom. The van der Waals surface area contributed by atoms with Crippen molar-refractivity contribution in [1.82, 2.24) is 5.32 Å². The van der Waals surface area contributed by atoms with Crippen molar-refractivity contribution in [2.75, 3.05) is 13.7 Å². The normalized spacial score (nSPS) is 18.8. The third-order valence-corrected chi connectivity index (χ3v) is 2.27. The van der Waals surface area contributed by atoms with E-state index in [1.54, 1.807) is 0 Å². The molecular weight excluding hydrogens is 174 g/mol. The van der Waals surface area contributed by atoms with Gasteiger partial charge in [-0.2, -0.15) is 0 Å². The van der Waals surface area contributed by atoms with Gasteiger partial charge < -0.3 is 15.2 Å². The fourth-order valence-corrected chi connectivity index (χ4v) is 1.36. The second kappa shape index (κ2) is 3.74. The lowest BCUT2D eigenvalue weighted by molar-refractivity contribution is -0.152. The van der Waals surface area contributed by atoms with Gasteiger partial charge in [-0.25, -0.2) is 4.79 Å². The fourth-order valence-electron chi connectivity index (χ4n) is 1.36. The van der Waals surface area contributed by atoms with Crippen molar-refractivity contribution in [3.05, 3.63) is 0 Å². The van der Waals surface area contributed by atoms with Gasteiger partial charge in [0.2, 0.25) is 5.91 Å². The second-order valence-electron chi connectivity index (χ2n) is 3.22. The Labute approximate surface area is 76.1 Å². The van der Waals surface area contributed by atoms with E-state index in [1.165, 1.54) is 7.11 Å². The van der Waals surface area contributed by atoms with Crippen LogP contribution in [0.4, 0.5) is 0 Å². The van der Waals surface area contributed by atoms with Crippen LogP contribution in [-0.2, 0) is 14.3 Å². The summed E-state index contributed by atoms with van der Waals surface area (Å²) in [5.41, 5.74) is -1.02. The summed E-state index contributed by atoms with van der Waals surface area (Å²) in [7, 11) is 1.40. The molecular formula is C8H13NO4. The highest BCUT2D eigenvalue weighted by atomic mass is 16.5. The zero-order chi connectivity index (χ0) is 9.90. The Balaban J connectivity index is 2.49. The van der Waals surface area contributed by atoms with Crippen LogP contribution in [0.5, 0.6) is 0 Å². The molecule has 5 heteroatoms. The Bertz CT molecular complexity index is 222. The van der Waals surface area contributed by atoms with Crippen LogP contribution >= 0.6 is 0 Å². The summed E-state index contributed by atoms with van der Waals surface area (Å²) in [6, 6.07) is 0. The van der Waals surface area contributed by atoms with Crippen LogP contribution in [0.15, 0.2) is 0 Å². The van der Waals surface area contributed by atoms with E-state index in [0.717, 1.165) is 6.42 Å². The standard InChI is InChI=1S/C8H13NO4/c1-13-5-6(10)9-8(7(11)12)3-2-4-8/h2-5H2,1H3,(H,9,10)(H,11,12). The summed E-state index contributed by atoms with van der Waals surface area (Å²) in [6.07, 6.45) is 1.87. The smallest absolute Gasteiger partial charge is 0.329 e. The molecule has 1 rings (SSSR count). The first-order valence-electron chi connectivity index (χ1n) is 4.14. The van der Waals surface area contributed by atoms with Crippen LogP contribution in [0, 0.1) is 0 Å². The zero-order valence-electron chi connectivity index (χ0n) is 7.50. The van der Waals surface area contributed by atoms with E-state index in [9.17, 15) is 9.59 Å². The van der Waals surface area contributed by atoms with Crippen molar-refractivity contribution in [2.45, 2.75) is 24.8 Å². The van der Waals surface area contributed by atoms with Crippen molar-refractivity contribution in [3.8, 4) is 0 Å². The van der Waals surface area contributed by atoms with Crippen molar-refractivity contribution in [3.63, 3.8) is 0 Å². The van der Waals surface area contributed by atoms with Gasteiger partial charge in [0, 0.05) is 7.11 Å². The van der Waals surface area contributed by atoms with Gasteiger partial charge in [-0.15, -0.1) is 0 Å². The highest BCUT2D eigenvalue weighted by Crippen LogP contribution is 2.31. The number of aliphatic carboxylic acids is 1. The van der Waals surface area contributed by atoms with Crippen LogP contribution in [0.1, 0.15) is 19.3 Å². The average molecular weight is 187 g/mol. The molecule has 1 fully saturated rings. The van der Waals surface area contributed by atoms with E-state index in [0.29, 0.717) is 12.8 Å². The average Bonchev–Trinajstić information content (AvgIpc) is 1.96. The van der Waals surface area contributed by atoms with Crippen LogP contribution < -0.4 is 5.32 Å². The molecule has 0 bridgehead atoms. The van der Waals surface area contributed by atoms with Gasteiger partial charge in [0.15, 0.2) is 0 Å². The summed E-state index contributed by atoms with van der Waals surface area (Å²) >= 11 is 0. The largest absolute Gasteiger partial charge is 0.480 e. The number of carboxylic acids is 1. The van der Waals surface area contributed by atoms with Gasteiger partial charge in [0.05, 0.1) is 0 Å². The van der Waals surface area contributed by atoms with Crippen LogP contribution in [0.25, 0.3) is 0 Å². The first kappa shape index (κ1) is 9.98. The summed E-state index contributed by atoms with van der Waals surface area (Å²) in [6.45, 7) is -0.0883. The van der Waals surface area contributed by atoms with Crippen molar-refractivity contribution >= 4 is 11.9 Å². The molecule has 74 valence electrons. The van der Waals surface area contributed by atoms with Crippen LogP contribution in [0.2, 0.25) is 0 Å². The van der Waals surface area contributed by atoms with Gasteiger partial charge in [-0.1, -0.05) is 0 Å². The third kappa shape index (κ3) is 1.98. The summed E-state index contributed by atoms with van der Waals surface area (Å²) < 4.78 is 4.59. The number of nitrogens with one attached hydrogen (secondary N) is 1. The van der Waals surface area contributed by atoms with Crippen molar-refractivity contribution in [1.29, 1.82) is 0 Å². The van der Waals surface area contributed by atoms with Crippen LogP contribution in [0.3, 0.4) is 0 Å². The molecule has 0 aromatic heterocycles. The predicted molar refractivity (Wildman–Crippen MR) is 44.2 cm³/mol. The molecule has 0 saturated heterocycles. The molecule has 1 saturated carbocycles. The number of carboxylic acid groups (broad SMARTS) is 1. The summed E-state index contributed by atoms with van der Waals surface area (Å²) in [4.78, 5) is 21.8. The SMILES string of the molecule is COCC(=O)NC1(C(=O)O)CCC1. The lowest BCUT2D eigenvalue weighted by atomic mass is 9.77. The molecule has 2 N–H and O–H groups in total. The van der Waals surface area contributed by atoms with Crippen molar-refractivity contribution in [2.24, 2.45) is 0 Å². The molecule has 0 spiro atoms. The quantitative estimate of drug-likeness (QED) is 0.636. The van der Waals surface area contributed by atoms with E-state index >= 15 is 0 Å². The Morgan fingerprint density at radius 2 is 2.15 bits per heavy atom. The van der Waals surface area contributed by atoms with Gasteiger partial charge in [0.1, 0.15) is 12.1 Å². The van der Waals surface area contributed by atoms with Gasteiger partial charge >= 0.3 is 5.97 Å². The predicted octanol–water partition coefficient (Wildman–Crippen LogP) is -0.244. The molecule has 0 aromatic rings. The minimum Gasteiger partial charge on any atom is -0.480 e. The van der Waals surface area contributed by atoms with Gasteiger partial charge in [-0.3, -0.25) is 4.79 Å². The highest BCUT2D eigenvalue weighted by molar-refractivity contribution is 5.88.